The summed E-state index contributed by atoms with van der Waals surface area (Å²) in [4.78, 5) is 12.0. The zero-order chi connectivity index (χ0) is 16.2. The van der Waals surface area contributed by atoms with Crippen molar-refractivity contribution in [3.63, 3.8) is 0 Å². The Labute approximate surface area is 136 Å². The van der Waals surface area contributed by atoms with Crippen molar-refractivity contribution in [1.29, 1.82) is 0 Å². The lowest BCUT2D eigenvalue weighted by atomic mass is 9.97. The molecule has 5 heteroatoms. The first-order valence-corrected chi connectivity index (χ1v) is 8.11. The topological polar surface area (TPSA) is 67.0 Å². The fourth-order valence-corrected chi connectivity index (χ4v) is 2.88. The number of benzene rings is 1. The van der Waals surface area contributed by atoms with Gasteiger partial charge in [0.05, 0.1) is 12.3 Å². The van der Waals surface area contributed by atoms with Crippen molar-refractivity contribution in [2.24, 2.45) is 5.92 Å². The molecular weight excluding hydrogens is 290 g/mol. The molecule has 2 heterocycles. The molecule has 1 amide bonds. The van der Waals surface area contributed by atoms with E-state index >= 15 is 0 Å². The zero-order valence-corrected chi connectivity index (χ0v) is 13.7. The van der Waals surface area contributed by atoms with E-state index in [0.717, 1.165) is 29.1 Å². The van der Waals surface area contributed by atoms with Crippen LogP contribution in [-0.2, 0) is 17.6 Å². The fourth-order valence-electron chi connectivity index (χ4n) is 2.88. The van der Waals surface area contributed by atoms with Crippen LogP contribution in [0.25, 0.3) is 0 Å². The minimum absolute atomic E-state index is 0.0731. The molecule has 0 unspecified atom stereocenters. The van der Waals surface area contributed by atoms with Gasteiger partial charge in [-0.2, -0.15) is 5.10 Å². The number of nitrogens with one attached hydrogen (secondary N) is 2. The molecule has 0 radical (unpaired) electrons. The molecule has 0 saturated heterocycles. The van der Waals surface area contributed by atoms with Crippen LogP contribution < -0.4 is 10.1 Å². The first kappa shape index (κ1) is 15.6. The van der Waals surface area contributed by atoms with Crippen molar-refractivity contribution >= 4 is 5.91 Å². The Balaban J connectivity index is 1.44. The van der Waals surface area contributed by atoms with E-state index in [0.29, 0.717) is 31.9 Å². The molecule has 5 nitrogen and oxygen atoms in total. The Bertz CT molecular complexity index is 693. The molecule has 3 rings (SSSR count). The van der Waals surface area contributed by atoms with Gasteiger partial charge < -0.3 is 10.1 Å². The molecule has 2 N–H and O–H groups in total. The molecule has 1 aromatic carbocycles. The van der Waals surface area contributed by atoms with Crippen molar-refractivity contribution in [1.82, 2.24) is 15.5 Å². The minimum atomic E-state index is 0.0731. The van der Waals surface area contributed by atoms with E-state index in [1.54, 1.807) is 0 Å². The zero-order valence-electron chi connectivity index (χ0n) is 13.7. The Hall–Kier alpha value is -2.30. The lowest BCUT2D eigenvalue weighted by molar-refractivity contribution is -0.121. The van der Waals surface area contributed by atoms with Crippen LogP contribution in [-0.4, -0.2) is 29.3 Å². The van der Waals surface area contributed by atoms with Crippen LogP contribution in [0.3, 0.4) is 0 Å². The van der Waals surface area contributed by atoms with E-state index in [4.69, 9.17) is 4.74 Å². The van der Waals surface area contributed by atoms with E-state index in [1.165, 1.54) is 5.56 Å². The summed E-state index contributed by atoms with van der Waals surface area (Å²) in [5.74, 6) is 1.38. The molecule has 23 heavy (non-hydrogen) atoms. The number of fused-ring (bicyclic) bond motifs is 1. The van der Waals surface area contributed by atoms with Crippen molar-refractivity contribution in [3.8, 4) is 5.75 Å². The summed E-state index contributed by atoms with van der Waals surface area (Å²) in [7, 11) is 0. The molecule has 2 aromatic rings. The van der Waals surface area contributed by atoms with E-state index < -0.39 is 0 Å². The van der Waals surface area contributed by atoms with Gasteiger partial charge in [0.25, 0.3) is 0 Å². The average molecular weight is 313 g/mol. The number of H-pyrrole nitrogens is 1. The second-order valence-electron chi connectivity index (χ2n) is 6.21. The number of ether oxygens (including phenoxy) is 1. The predicted octanol–water partition coefficient (Wildman–Crippen LogP) is 2.33. The van der Waals surface area contributed by atoms with Crippen molar-refractivity contribution in [2.45, 2.75) is 33.1 Å². The summed E-state index contributed by atoms with van der Waals surface area (Å²) in [5, 5.41) is 10.2. The number of rotatable bonds is 5. The van der Waals surface area contributed by atoms with Crippen molar-refractivity contribution in [3.05, 3.63) is 46.8 Å². The van der Waals surface area contributed by atoms with Gasteiger partial charge in [-0.1, -0.05) is 18.2 Å². The van der Waals surface area contributed by atoms with Gasteiger partial charge in [-0.25, -0.2) is 0 Å². The van der Waals surface area contributed by atoms with E-state index in [-0.39, 0.29) is 5.91 Å². The third kappa shape index (κ3) is 3.73. The fraction of sp³-hybridized carbons (Fsp3) is 0.444. The summed E-state index contributed by atoms with van der Waals surface area (Å²) in [6, 6.07) is 8.10. The smallest absolute Gasteiger partial charge is 0.220 e. The first-order valence-electron chi connectivity index (χ1n) is 8.11. The van der Waals surface area contributed by atoms with Crippen LogP contribution >= 0.6 is 0 Å². The van der Waals surface area contributed by atoms with Crippen LogP contribution in [0.5, 0.6) is 5.75 Å². The van der Waals surface area contributed by atoms with Gasteiger partial charge in [0.2, 0.25) is 5.91 Å². The predicted molar refractivity (Wildman–Crippen MR) is 88.5 cm³/mol. The molecular formula is C18H23N3O2. The lowest BCUT2D eigenvalue weighted by Crippen LogP contribution is -2.34. The van der Waals surface area contributed by atoms with Gasteiger partial charge in [0.1, 0.15) is 5.75 Å². The number of carbonyl (C=O) groups is 1. The summed E-state index contributed by atoms with van der Waals surface area (Å²) in [6.07, 6.45) is 2.09. The summed E-state index contributed by atoms with van der Waals surface area (Å²) >= 11 is 0. The number of amides is 1. The highest BCUT2D eigenvalue weighted by atomic mass is 16.5. The van der Waals surface area contributed by atoms with Gasteiger partial charge in [-0.15, -0.1) is 0 Å². The highest BCUT2D eigenvalue weighted by molar-refractivity contribution is 5.76. The molecule has 122 valence electrons. The normalized spacial score (nSPS) is 16.5. The number of carbonyl (C=O) groups excluding carboxylic acids is 1. The molecule has 1 aliphatic heterocycles. The maximum atomic E-state index is 12.0. The average Bonchev–Trinajstić information content (AvgIpc) is 2.89. The lowest BCUT2D eigenvalue weighted by Gasteiger charge is -2.25. The van der Waals surface area contributed by atoms with E-state index in [9.17, 15) is 4.79 Å². The Morgan fingerprint density at radius 1 is 1.39 bits per heavy atom. The number of aromatic amines is 1. The van der Waals surface area contributed by atoms with Gasteiger partial charge in [-0.3, -0.25) is 9.89 Å². The van der Waals surface area contributed by atoms with Crippen molar-refractivity contribution in [2.75, 3.05) is 13.2 Å². The summed E-state index contributed by atoms with van der Waals surface area (Å²) < 4.78 is 5.75. The van der Waals surface area contributed by atoms with Gasteiger partial charge >= 0.3 is 0 Å². The third-order valence-electron chi connectivity index (χ3n) is 4.49. The maximum absolute atomic E-state index is 12.0. The molecule has 1 aliphatic rings. The standard InChI is InChI=1S/C18H23N3O2/c1-12-13(2)20-21-16(12)7-8-18(22)19-10-14-9-15-5-3-4-6-17(15)23-11-14/h3-6,14H,7-11H2,1-2H3,(H,19,22)(H,20,21)/t14-/m1/s1. The quantitative estimate of drug-likeness (QED) is 0.890. The number of aromatic nitrogens is 2. The molecule has 0 aliphatic carbocycles. The van der Waals surface area contributed by atoms with Gasteiger partial charge in [0, 0.05) is 31.0 Å². The van der Waals surface area contributed by atoms with Crippen LogP contribution in [0, 0.1) is 19.8 Å². The molecule has 0 bridgehead atoms. The largest absolute Gasteiger partial charge is 0.493 e. The van der Waals surface area contributed by atoms with Crippen LogP contribution in [0.15, 0.2) is 24.3 Å². The second kappa shape index (κ2) is 6.86. The minimum Gasteiger partial charge on any atom is -0.493 e. The summed E-state index contributed by atoms with van der Waals surface area (Å²) in [6.45, 7) is 5.34. The molecule has 1 atom stereocenters. The SMILES string of the molecule is Cc1[nH]nc(CCC(=O)NC[C@@H]2COc3ccccc3C2)c1C. The maximum Gasteiger partial charge on any atom is 0.220 e. The molecule has 0 spiro atoms. The number of hydrogen-bond acceptors (Lipinski definition) is 3. The Morgan fingerprint density at radius 3 is 3.00 bits per heavy atom. The molecule has 1 aromatic heterocycles. The Morgan fingerprint density at radius 2 is 2.22 bits per heavy atom. The number of hydrogen-bond donors (Lipinski definition) is 2. The van der Waals surface area contributed by atoms with E-state index in [1.807, 2.05) is 32.0 Å². The second-order valence-corrected chi connectivity index (χ2v) is 6.21. The first-order chi connectivity index (χ1) is 11.1. The number of para-hydroxylation sites is 1. The number of nitrogens with zero attached hydrogens (tertiary/aromatic N) is 1. The summed E-state index contributed by atoms with van der Waals surface area (Å²) in [5.41, 5.74) is 4.42. The molecule has 0 saturated carbocycles. The van der Waals surface area contributed by atoms with Gasteiger partial charge in [0.15, 0.2) is 0 Å². The molecule has 0 fully saturated rings. The number of aryl methyl sites for hydroxylation is 2. The van der Waals surface area contributed by atoms with E-state index in [2.05, 4.69) is 21.6 Å². The van der Waals surface area contributed by atoms with Crippen molar-refractivity contribution < 1.29 is 9.53 Å². The third-order valence-corrected chi connectivity index (χ3v) is 4.49. The van der Waals surface area contributed by atoms with Crippen LogP contribution in [0.4, 0.5) is 0 Å². The highest BCUT2D eigenvalue weighted by Crippen LogP contribution is 2.26. The van der Waals surface area contributed by atoms with Crippen LogP contribution in [0.2, 0.25) is 0 Å². The highest BCUT2D eigenvalue weighted by Gasteiger charge is 2.20. The van der Waals surface area contributed by atoms with Gasteiger partial charge in [-0.05, 0) is 37.5 Å². The van der Waals surface area contributed by atoms with Crippen LogP contribution in [0.1, 0.15) is 28.9 Å². The monoisotopic (exact) mass is 313 g/mol. The Kier molecular flexibility index (Phi) is 4.65.